The minimum absolute atomic E-state index is 0.243. The van der Waals surface area contributed by atoms with Gasteiger partial charge in [0.2, 0.25) is 0 Å². The molecule has 2 aliphatic heterocycles. The first-order valence-corrected chi connectivity index (χ1v) is 8.65. The van der Waals surface area contributed by atoms with Crippen LogP contribution >= 0.6 is 11.6 Å². The molecule has 0 aromatic carbocycles. The molecule has 1 unspecified atom stereocenters. The van der Waals surface area contributed by atoms with E-state index in [-0.39, 0.29) is 5.54 Å². The summed E-state index contributed by atoms with van der Waals surface area (Å²) in [6.45, 7) is 5.90. The van der Waals surface area contributed by atoms with Crippen molar-refractivity contribution in [2.75, 3.05) is 25.5 Å². The van der Waals surface area contributed by atoms with Crippen LogP contribution in [-0.2, 0) is 10.2 Å². The van der Waals surface area contributed by atoms with Crippen LogP contribution in [0, 0.1) is 5.92 Å². The van der Waals surface area contributed by atoms with Gasteiger partial charge in [0, 0.05) is 31.1 Å². The third-order valence-corrected chi connectivity index (χ3v) is 6.78. The van der Waals surface area contributed by atoms with Crippen molar-refractivity contribution >= 4 is 21.8 Å². The summed E-state index contributed by atoms with van der Waals surface area (Å²) in [5, 5.41) is 0. The second kappa shape index (κ2) is 5.27. The Hall–Kier alpha value is 0.160. The van der Waals surface area contributed by atoms with Gasteiger partial charge in [-0.3, -0.25) is 0 Å². The largest absolute Gasteiger partial charge is 0.282 e. The topological polar surface area (TPSA) is 40.6 Å². The molecule has 6 heteroatoms. The van der Waals surface area contributed by atoms with E-state index in [1.165, 1.54) is 0 Å². The van der Waals surface area contributed by atoms with Crippen molar-refractivity contribution < 1.29 is 8.42 Å². The maximum absolute atomic E-state index is 12.7. The van der Waals surface area contributed by atoms with Crippen molar-refractivity contribution in [1.82, 2.24) is 8.61 Å². The molecular weight excluding hydrogens is 272 g/mol. The van der Waals surface area contributed by atoms with Gasteiger partial charge < -0.3 is 0 Å². The Kier molecular flexibility index (Phi) is 4.26. The summed E-state index contributed by atoms with van der Waals surface area (Å²) in [6, 6.07) is 0. The molecule has 2 aliphatic rings. The fourth-order valence-corrected chi connectivity index (χ4v) is 5.38. The van der Waals surface area contributed by atoms with E-state index in [9.17, 15) is 8.42 Å². The van der Waals surface area contributed by atoms with Crippen LogP contribution in [0.4, 0.5) is 0 Å². The number of halogens is 1. The Morgan fingerprint density at radius 2 is 2.00 bits per heavy atom. The Morgan fingerprint density at radius 3 is 2.56 bits per heavy atom. The summed E-state index contributed by atoms with van der Waals surface area (Å²) in [7, 11) is -3.30. The summed E-state index contributed by atoms with van der Waals surface area (Å²) < 4.78 is 28.7. The monoisotopic (exact) mass is 294 g/mol. The molecule has 0 spiro atoms. The van der Waals surface area contributed by atoms with Gasteiger partial charge in [-0.15, -0.1) is 11.6 Å². The summed E-state index contributed by atoms with van der Waals surface area (Å²) in [6.07, 6.45) is 3.86. The molecule has 0 radical (unpaired) electrons. The van der Waals surface area contributed by atoms with Crippen molar-refractivity contribution in [3.05, 3.63) is 0 Å². The summed E-state index contributed by atoms with van der Waals surface area (Å²) in [5.41, 5.74) is -0.243. The second-order valence-electron chi connectivity index (χ2n) is 6.02. The van der Waals surface area contributed by atoms with Gasteiger partial charge in [0.05, 0.1) is 0 Å². The minimum atomic E-state index is -3.30. The van der Waals surface area contributed by atoms with Crippen molar-refractivity contribution in [1.29, 1.82) is 0 Å². The van der Waals surface area contributed by atoms with Gasteiger partial charge in [-0.05, 0) is 45.4 Å². The van der Waals surface area contributed by atoms with E-state index in [0.29, 0.717) is 31.4 Å². The molecule has 2 rings (SSSR count). The molecule has 2 heterocycles. The third kappa shape index (κ3) is 2.69. The maximum Gasteiger partial charge on any atom is 0.282 e. The van der Waals surface area contributed by atoms with Gasteiger partial charge in [-0.25, -0.2) is 0 Å². The van der Waals surface area contributed by atoms with Crippen molar-refractivity contribution in [3.63, 3.8) is 0 Å². The Labute approximate surface area is 115 Å². The smallest absolute Gasteiger partial charge is 0.195 e. The van der Waals surface area contributed by atoms with Crippen LogP contribution in [0.5, 0.6) is 0 Å². The van der Waals surface area contributed by atoms with Crippen molar-refractivity contribution in [2.24, 2.45) is 5.92 Å². The SMILES string of the molecule is CC1(C)CCCN1S(=O)(=O)N1CCCC(CCl)C1. The molecule has 2 saturated heterocycles. The molecule has 0 bridgehead atoms. The van der Waals surface area contributed by atoms with Gasteiger partial charge in [-0.1, -0.05) is 0 Å². The molecule has 0 aromatic heterocycles. The number of piperidine rings is 1. The fourth-order valence-electron chi connectivity index (χ4n) is 3.01. The van der Waals surface area contributed by atoms with Gasteiger partial charge >= 0.3 is 0 Å². The number of hydrogen-bond donors (Lipinski definition) is 0. The van der Waals surface area contributed by atoms with Crippen LogP contribution in [0.15, 0.2) is 0 Å². The van der Waals surface area contributed by atoms with E-state index in [4.69, 9.17) is 11.6 Å². The van der Waals surface area contributed by atoms with Crippen LogP contribution in [0.2, 0.25) is 0 Å². The van der Waals surface area contributed by atoms with E-state index in [0.717, 1.165) is 25.7 Å². The minimum Gasteiger partial charge on any atom is -0.195 e. The Balaban J connectivity index is 2.15. The molecule has 0 aliphatic carbocycles. The van der Waals surface area contributed by atoms with Crippen LogP contribution in [0.3, 0.4) is 0 Å². The van der Waals surface area contributed by atoms with E-state index in [1.807, 2.05) is 13.8 Å². The van der Waals surface area contributed by atoms with Gasteiger partial charge in [0.25, 0.3) is 10.2 Å². The Bertz CT molecular complexity index is 397. The lowest BCUT2D eigenvalue weighted by Gasteiger charge is -2.38. The molecule has 4 nitrogen and oxygen atoms in total. The molecule has 0 aromatic rings. The highest BCUT2D eigenvalue weighted by molar-refractivity contribution is 7.86. The highest BCUT2D eigenvalue weighted by Crippen LogP contribution is 2.33. The normalized spacial score (nSPS) is 30.7. The summed E-state index contributed by atoms with van der Waals surface area (Å²) >= 11 is 5.88. The highest BCUT2D eigenvalue weighted by Gasteiger charge is 2.43. The summed E-state index contributed by atoms with van der Waals surface area (Å²) in [5.74, 6) is 0.857. The lowest BCUT2D eigenvalue weighted by molar-refractivity contribution is 0.229. The number of hydrogen-bond acceptors (Lipinski definition) is 2. The molecule has 1 atom stereocenters. The number of rotatable bonds is 3. The second-order valence-corrected chi connectivity index (χ2v) is 8.18. The number of alkyl halides is 1. The zero-order chi connectivity index (χ0) is 13.4. The van der Waals surface area contributed by atoms with Crippen molar-refractivity contribution in [3.8, 4) is 0 Å². The zero-order valence-electron chi connectivity index (χ0n) is 11.2. The Morgan fingerprint density at radius 1 is 1.28 bits per heavy atom. The molecule has 106 valence electrons. The summed E-state index contributed by atoms with van der Waals surface area (Å²) in [4.78, 5) is 0. The van der Waals surface area contributed by atoms with Crippen molar-refractivity contribution in [2.45, 2.75) is 45.1 Å². The lowest BCUT2D eigenvalue weighted by Crippen LogP contribution is -2.52. The first-order chi connectivity index (χ1) is 8.38. The van der Waals surface area contributed by atoms with E-state index < -0.39 is 10.2 Å². The maximum atomic E-state index is 12.7. The van der Waals surface area contributed by atoms with Gasteiger partial charge in [-0.2, -0.15) is 17.0 Å². The molecule has 0 N–H and O–H groups in total. The van der Waals surface area contributed by atoms with E-state index in [1.54, 1.807) is 8.61 Å². The zero-order valence-corrected chi connectivity index (χ0v) is 12.8. The number of nitrogens with zero attached hydrogens (tertiary/aromatic N) is 2. The molecule has 0 amide bonds. The van der Waals surface area contributed by atoms with E-state index in [2.05, 4.69) is 0 Å². The molecule has 0 saturated carbocycles. The first kappa shape index (κ1) is 14.6. The first-order valence-electron chi connectivity index (χ1n) is 6.72. The molecule has 2 fully saturated rings. The fraction of sp³-hybridized carbons (Fsp3) is 1.00. The van der Waals surface area contributed by atoms with Gasteiger partial charge in [0.1, 0.15) is 0 Å². The standard InChI is InChI=1S/C12H23ClN2O2S/c1-12(2)6-4-8-15(12)18(16,17)14-7-3-5-11(9-13)10-14/h11H,3-10H2,1-2H3. The van der Waals surface area contributed by atoms with Crippen LogP contribution in [0.25, 0.3) is 0 Å². The van der Waals surface area contributed by atoms with E-state index >= 15 is 0 Å². The average Bonchev–Trinajstić information content (AvgIpc) is 2.69. The third-order valence-electron chi connectivity index (χ3n) is 4.13. The quantitative estimate of drug-likeness (QED) is 0.748. The van der Waals surface area contributed by atoms with Crippen LogP contribution in [-0.4, -0.2) is 48.1 Å². The lowest BCUT2D eigenvalue weighted by atomic mass is 10.0. The highest BCUT2D eigenvalue weighted by atomic mass is 35.5. The predicted molar refractivity (Wildman–Crippen MR) is 74.0 cm³/mol. The average molecular weight is 295 g/mol. The molecular formula is C12H23ClN2O2S. The predicted octanol–water partition coefficient (Wildman–Crippen LogP) is 2.06. The molecule has 18 heavy (non-hydrogen) atoms. The van der Waals surface area contributed by atoms with Gasteiger partial charge in [0.15, 0.2) is 0 Å². The van der Waals surface area contributed by atoms with Crippen LogP contribution in [0.1, 0.15) is 39.5 Å². The van der Waals surface area contributed by atoms with Crippen LogP contribution < -0.4 is 0 Å².